The molecule has 0 spiro atoms. The average Bonchev–Trinajstić information content (AvgIpc) is 3.12. The minimum absolute atomic E-state index is 0.484. The maximum absolute atomic E-state index is 5.49. The van der Waals surface area contributed by atoms with E-state index in [4.69, 9.17) is 4.52 Å². The number of likely N-dealkylation sites (tertiary alicyclic amines) is 1. The van der Waals surface area contributed by atoms with Crippen LogP contribution in [0.2, 0.25) is 0 Å². The first-order chi connectivity index (χ1) is 9.70. The third kappa shape index (κ3) is 2.42. The molecule has 1 aliphatic heterocycles. The second kappa shape index (κ2) is 5.70. The van der Waals surface area contributed by atoms with Gasteiger partial charge in [0, 0.05) is 29.4 Å². The van der Waals surface area contributed by atoms with Crippen molar-refractivity contribution in [3.8, 4) is 0 Å². The Kier molecular flexibility index (Phi) is 3.94. The summed E-state index contributed by atoms with van der Waals surface area (Å²) in [5.74, 6) is 1.07. The molecule has 3 nitrogen and oxygen atoms in total. The summed E-state index contributed by atoms with van der Waals surface area (Å²) in [5, 5.41) is 6.37. The van der Waals surface area contributed by atoms with E-state index in [0.29, 0.717) is 6.04 Å². The molecular formula is C16H22N2OS. The number of hydrogen-bond donors (Lipinski definition) is 0. The van der Waals surface area contributed by atoms with Crippen molar-refractivity contribution in [2.45, 2.75) is 52.6 Å². The van der Waals surface area contributed by atoms with Crippen molar-refractivity contribution in [3.63, 3.8) is 0 Å². The molecule has 3 heterocycles. The topological polar surface area (TPSA) is 29.3 Å². The van der Waals surface area contributed by atoms with Crippen LogP contribution in [0.3, 0.4) is 0 Å². The fraction of sp³-hybridized carbons (Fsp3) is 0.562. The van der Waals surface area contributed by atoms with Crippen molar-refractivity contribution < 1.29 is 4.52 Å². The van der Waals surface area contributed by atoms with Crippen LogP contribution in [-0.4, -0.2) is 16.6 Å². The molecule has 0 aromatic carbocycles. The van der Waals surface area contributed by atoms with Gasteiger partial charge in [0.25, 0.3) is 0 Å². The maximum atomic E-state index is 5.49. The fourth-order valence-electron chi connectivity index (χ4n) is 3.20. The van der Waals surface area contributed by atoms with Gasteiger partial charge in [-0.3, -0.25) is 4.90 Å². The van der Waals surface area contributed by atoms with Gasteiger partial charge >= 0.3 is 0 Å². The highest BCUT2D eigenvalue weighted by Gasteiger charge is 2.31. The molecule has 0 unspecified atom stereocenters. The van der Waals surface area contributed by atoms with Gasteiger partial charge in [-0.15, -0.1) is 11.3 Å². The van der Waals surface area contributed by atoms with E-state index >= 15 is 0 Å². The molecular weight excluding hydrogens is 268 g/mol. The van der Waals surface area contributed by atoms with E-state index in [9.17, 15) is 0 Å². The normalized spacial score (nSPS) is 19.9. The largest absolute Gasteiger partial charge is 0.361 e. The van der Waals surface area contributed by atoms with Crippen molar-refractivity contribution in [1.82, 2.24) is 10.1 Å². The number of aromatic nitrogens is 1. The Morgan fingerprint density at radius 2 is 2.30 bits per heavy atom. The van der Waals surface area contributed by atoms with Gasteiger partial charge in [0.15, 0.2) is 0 Å². The van der Waals surface area contributed by atoms with Gasteiger partial charge in [-0.25, -0.2) is 0 Å². The zero-order valence-electron chi connectivity index (χ0n) is 12.5. The van der Waals surface area contributed by atoms with Crippen molar-refractivity contribution in [1.29, 1.82) is 0 Å². The molecule has 1 fully saturated rings. The summed E-state index contributed by atoms with van der Waals surface area (Å²) in [6, 6.07) is 2.70. The minimum atomic E-state index is 0.484. The number of rotatable bonds is 4. The summed E-state index contributed by atoms with van der Waals surface area (Å²) in [7, 11) is 0. The summed E-state index contributed by atoms with van der Waals surface area (Å²) < 4.78 is 5.49. The third-order valence-electron chi connectivity index (χ3n) is 4.32. The van der Waals surface area contributed by atoms with E-state index in [2.05, 4.69) is 42.3 Å². The van der Waals surface area contributed by atoms with Gasteiger partial charge in [0.1, 0.15) is 5.76 Å². The first-order valence-corrected chi connectivity index (χ1v) is 8.30. The lowest BCUT2D eigenvalue weighted by molar-refractivity contribution is 0.246. The van der Waals surface area contributed by atoms with Crippen LogP contribution in [-0.2, 0) is 13.0 Å². The standard InChI is InChI=1S/C16H22N2OS/c1-4-14-16(12(3)17-19-14)13-6-5-8-18(13)10-15-11(2)7-9-20-15/h7,9,13H,4-6,8,10H2,1-3H3/t13-/m1/s1. The van der Waals surface area contributed by atoms with Crippen molar-refractivity contribution in [2.24, 2.45) is 0 Å². The summed E-state index contributed by atoms with van der Waals surface area (Å²) >= 11 is 1.87. The van der Waals surface area contributed by atoms with E-state index < -0.39 is 0 Å². The average molecular weight is 290 g/mol. The molecule has 1 atom stereocenters. The fourth-order valence-corrected chi connectivity index (χ4v) is 4.13. The summed E-state index contributed by atoms with van der Waals surface area (Å²) in [4.78, 5) is 4.08. The zero-order valence-corrected chi connectivity index (χ0v) is 13.3. The van der Waals surface area contributed by atoms with E-state index in [0.717, 1.165) is 24.4 Å². The van der Waals surface area contributed by atoms with E-state index in [1.54, 1.807) is 0 Å². The van der Waals surface area contributed by atoms with Gasteiger partial charge in [-0.1, -0.05) is 12.1 Å². The molecule has 0 amide bonds. The molecule has 108 valence electrons. The first-order valence-electron chi connectivity index (χ1n) is 7.42. The molecule has 0 N–H and O–H groups in total. The molecule has 20 heavy (non-hydrogen) atoms. The van der Waals surface area contributed by atoms with Crippen molar-refractivity contribution in [2.75, 3.05) is 6.54 Å². The van der Waals surface area contributed by atoms with Crippen LogP contribution in [0.15, 0.2) is 16.0 Å². The van der Waals surface area contributed by atoms with Crippen LogP contribution in [0.4, 0.5) is 0 Å². The quantitative estimate of drug-likeness (QED) is 0.843. The highest BCUT2D eigenvalue weighted by molar-refractivity contribution is 7.10. The Bertz CT molecular complexity index is 587. The molecule has 2 aromatic rings. The summed E-state index contributed by atoms with van der Waals surface area (Å²) in [6.45, 7) is 8.66. The van der Waals surface area contributed by atoms with Crippen LogP contribution in [0, 0.1) is 13.8 Å². The Morgan fingerprint density at radius 1 is 1.45 bits per heavy atom. The predicted octanol–water partition coefficient (Wildman–Crippen LogP) is 4.25. The van der Waals surface area contributed by atoms with Crippen LogP contribution in [0.1, 0.15) is 53.3 Å². The number of thiophene rings is 1. The minimum Gasteiger partial charge on any atom is -0.361 e. The summed E-state index contributed by atoms with van der Waals surface area (Å²) in [5.41, 5.74) is 3.83. The Morgan fingerprint density at radius 3 is 3.00 bits per heavy atom. The zero-order chi connectivity index (χ0) is 14.1. The van der Waals surface area contributed by atoms with Gasteiger partial charge in [0.05, 0.1) is 5.69 Å². The molecule has 0 radical (unpaired) electrons. The Balaban J connectivity index is 1.85. The smallest absolute Gasteiger partial charge is 0.141 e. The van der Waals surface area contributed by atoms with E-state index in [-0.39, 0.29) is 0 Å². The van der Waals surface area contributed by atoms with Gasteiger partial charge in [-0.2, -0.15) is 0 Å². The van der Waals surface area contributed by atoms with Crippen LogP contribution >= 0.6 is 11.3 Å². The van der Waals surface area contributed by atoms with Crippen LogP contribution in [0.25, 0.3) is 0 Å². The lowest BCUT2D eigenvalue weighted by Gasteiger charge is -2.24. The molecule has 0 bridgehead atoms. The van der Waals surface area contributed by atoms with Gasteiger partial charge in [0.2, 0.25) is 0 Å². The summed E-state index contributed by atoms with van der Waals surface area (Å²) in [6.07, 6.45) is 3.42. The molecule has 3 rings (SSSR count). The second-order valence-corrected chi connectivity index (χ2v) is 6.61. The van der Waals surface area contributed by atoms with Crippen molar-refractivity contribution >= 4 is 11.3 Å². The van der Waals surface area contributed by atoms with E-state index in [1.165, 1.54) is 35.4 Å². The highest BCUT2D eigenvalue weighted by atomic mass is 32.1. The third-order valence-corrected chi connectivity index (χ3v) is 5.32. The molecule has 2 aromatic heterocycles. The lowest BCUT2D eigenvalue weighted by Crippen LogP contribution is -2.23. The van der Waals surface area contributed by atoms with Gasteiger partial charge < -0.3 is 4.52 Å². The predicted molar refractivity (Wildman–Crippen MR) is 82.1 cm³/mol. The van der Waals surface area contributed by atoms with Crippen LogP contribution in [0.5, 0.6) is 0 Å². The highest BCUT2D eigenvalue weighted by Crippen LogP contribution is 2.37. The van der Waals surface area contributed by atoms with E-state index in [1.807, 2.05) is 11.3 Å². The molecule has 0 aliphatic carbocycles. The molecule has 1 aliphatic rings. The number of hydrogen-bond acceptors (Lipinski definition) is 4. The second-order valence-electron chi connectivity index (χ2n) is 5.61. The van der Waals surface area contributed by atoms with Crippen LogP contribution < -0.4 is 0 Å². The van der Waals surface area contributed by atoms with Crippen molar-refractivity contribution in [3.05, 3.63) is 38.9 Å². The lowest BCUT2D eigenvalue weighted by atomic mass is 10.0. The Labute approximate surface area is 124 Å². The monoisotopic (exact) mass is 290 g/mol. The molecule has 0 saturated carbocycles. The maximum Gasteiger partial charge on any atom is 0.141 e. The first kappa shape index (κ1) is 13.8. The Hall–Kier alpha value is -1.13. The molecule has 1 saturated heterocycles. The number of aryl methyl sites for hydroxylation is 3. The number of nitrogens with zero attached hydrogens (tertiary/aromatic N) is 2. The van der Waals surface area contributed by atoms with Gasteiger partial charge in [-0.05, 0) is 50.2 Å². The molecule has 4 heteroatoms. The SMILES string of the molecule is CCc1onc(C)c1[C@H]1CCCN1Cc1sccc1C.